The molecule has 2 saturated carbocycles. The van der Waals surface area contributed by atoms with E-state index in [9.17, 15) is 14.7 Å². The van der Waals surface area contributed by atoms with Crippen molar-refractivity contribution in [3.8, 4) is 0 Å². The maximum atomic E-state index is 12.6. The lowest BCUT2D eigenvalue weighted by Crippen LogP contribution is -2.51. The van der Waals surface area contributed by atoms with E-state index >= 15 is 0 Å². The molecule has 0 aromatic carbocycles. The minimum Gasteiger partial charge on any atom is -0.394 e. The van der Waals surface area contributed by atoms with Crippen LogP contribution in [0, 0.1) is 5.92 Å². The summed E-state index contributed by atoms with van der Waals surface area (Å²) in [5, 5.41) is 12.7. The molecule has 3 rings (SSSR count). The maximum absolute atomic E-state index is 12.6. The fraction of sp³-hybridized carbons (Fsp3) is 0.889. The van der Waals surface area contributed by atoms with Gasteiger partial charge < -0.3 is 15.3 Å². The van der Waals surface area contributed by atoms with Gasteiger partial charge in [0.05, 0.1) is 18.1 Å². The number of likely N-dealkylation sites (tertiary alicyclic amines) is 1. The number of carbonyl (C=O) groups excluding carboxylic acids is 2. The van der Waals surface area contributed by atoms with Crippen molar-refractivity contribution in [3.63, 3.8) is 0 Å². The summed E-state index contributed by atoms with van der Waals surface area (Å²) in [6.07, 6.45) is 11.2. The minimum absolute atomic E-state index is 0.00570. The van der Waals surface area contributed by atoms with Gasteiger partial charge in [-0.25, -0.2) is 0 Å². The number of nitrogens with one attached hydrogen (secondary N) is 1. The predicted molar refractivity (Wildman–Crippen MR) is 87.7 cm³/mol. The van der Waals surface area contributed by atoms with Crippen molar-refractivity contribution in [2.75, 3.05) is 13.2 Å². The first-order valence-corrected chi connectivity index (χ1v) is 9.36. The van der Waals surface area contributed by atoms with Crippen LogP contribution in [-0.2, 0) is 9.59 Å². The number of amides is 2. The number of aliphatic hydroxyl groups excluding tert-OH is 1. The largest absolute Gasteiger partial charge is 0.394 e. The molecular weight excluding hydrogens is 292 g/mol. The second-order valence-corrected chi connectivity index (χ2v) is 7.73. The summed E-state index contributed by atoms with van der Waals surface area (Å²) in [5.74, 6) is -0.137. The average molecular weight is 322 g/mol. The van der Waals surface area contributed by atoms with Gasteiger partial charge >= 0.3 is 0 Å². The zero-order chi connectivity index (χ0) is 16.3. The lowest BCUT2D eigenvalue weighted by molar-refractivity contribution is -0.131. The molecule has 130 valence electrons. The van der Waals surface area contributed by atoms with E-state index in [0.717, 1.165) is 38.5 Å². The molecule has 0 bridgehead atoms. The van der Waals surface area contributed by atoms with Crippen molar-refractivity contribution in [3.05, 3.63) is 0 Å². The Balaban J connectivity index is 1.59. The molecule has 1 unspecified atom stereocenters. The standard InChI is InChI=1S/C18H30N2O3/c21-13-18(9-5-6-10-18)19-17(23)14-11-16(22)20(12-14)15-7-3-1-2-4-8-15/h14-15,21H,1-13H2,(H,19,23). The van der Waals surface area contributed by atoms with E-state index in [1.165, 1.54) is 25.7 Å². The highest BCUT2D eigenvalue weighted by Gasteiger charge is 2.41. The van der Waals surface area contributed by atoms with Crippen molar-refractivity contribution in [1.82, 2.24) is 10.2 Å². The smallest absolute Gasteiger partial charge is 0.225 e. The van der Waals surface area contributed by atoms with E-state index < -0.39 is 5.54 Å². The third-order valence-electron chi connectivity index (χ3n) is 6.05. The molecule has 23 heavy (non-hydrogen) atoms. The molecular formula is C18H30N2O3. The lowest BCUT2D eigenvalue weighted by atomic mass is 9.97. The van der Waals surface area contributed by atoms with Crippen LogP contribution in [0.2, 0.25) is 0 Å². The Morgan fingerprint density at radius 3 is 2.39 bits per heavy atom. The van der Waals surface area contributed by atoms with Gasteiger partial charge in [0.2, 0.25) is 11.8 Å². The van der Waals surface area contributed by atoms with E-state index in [4.69, 9.17) is 0 Å². The van der Waals surface area contributed by atoms with Crippen LogP contribution in [0.4, 0.5) is 0 Å². The molecule has 0 aromatic heterocycles. The first-order valence-electron chi connectivity index (χ1n) is 9.36. The van der Waals surface area contributed by atoms with Crippen LogP contribution >= 0.6 is 0 Å². The third kappa shape index (κ3) is 3.70. The quantitative estimate of drug-likeness (QED) is 0.778. The van der Waals surface area contributed by atoms with E-state index in [2.05, 4.69) is 5.32 Å². The molecule has 3 fully saturated rings. The van der Waals surface area contributed by atoms with Gasteiger partial charge in [-0.1, -0.05) is 38.5 Å². The van der Waals surface area contributed by atoms with Crippen LogP contribution in [-0.4, -0.2) is 46.6 Å². The molecule has 1 saturated heterocycles. The third-order valence-corrected chi connectivity index (χ3v) is 6.05. The second-order valence-electron chi connectivity index (χ2n) is 7.73. The Morgan fingerprint density at radius 1 is 1.13 bits per heavy atom. The molecule has 1 aliphatic heterocycles. The fourth-order valence-corrected chi connectivity index (χ4v) is 4.57. The highest BCUT2D eigenvalue weighted by molar-refractivity contribution is 5.89. The molecule has 2 amide bonds. The SMILES string of the molecule is O=C(NC1(CO)CCCC1)C1CC(=O)N(C2CCCCCC2)C1. The number of hydrogen-bond donors (Lipinski definition) is 2. The Kier molecular flexibility index (Phi) is 5.24. The van der Waals surface area contributed by atoms with Gasteiger partial charge in [-0.05, 0) is 25.7 Å². The van der Waals surface area contributed by atoms with Gasteiger partial charge in [0.1, 0.15) is 0 Å². The molecule has 0 radical (unpaired) electrons. The normalized spacial score (nSPS) is 28.8. The molecule has 2 aliphatic carbocycles. The average Bonchev–Trinajstić information content (AvgIpc) is 3.07. The van der Waals surface area contributed by atoms with Crippen LogP contribution in [0.1, 0.15) is 70.6 Å². The Morgan fingerprint density at radius 2 is 1.78 bits per heavy atom. The highest BCUT2D eigenvalue weighted by Crippen LogP contribution is 2.31. The summed E-state index contributed by atoms with van der Waals surface area (Å²) < 4.78 is 0. The molecule has 5 heteroatoms. The predicted octanol–water partition coefficient (Wildman–Crippen LogP) is 1.98. The van der Waals surface area contributed by atoms with Crippen LogP contribution in [0.3, 0.4) is 0 Å². The summed E-state index contributed by atoms with van der Waals surface area (Å²) >= 11 is 0. The second kappa shape index (κ2) is 7.20. The molecule has 3 aliphatic rings. The zero-order valence-corrected chi connectivity index (χ0v) is 14.1. The molecule has 2 N–H and O–H groups in total. The van der Waals surface area contributed by atoms with Crippen molar-refractivity contribution in [1.29, 1.82) is 0 Å². The first-order chi connectivity index (χ1) is 11.1. The van der Waals surface area contributed by atoms with Crippen LogP contribution in [0.25, 0.3) is 0 Å². The number of nitrogens with zero attached hydrogens (tertiary/aromatic N) is 1. The topological polar surface area (TPSA) is 69.6 Å². The molecule has 0 aromatic rings. The molecule has 1 heterocycles. The summed E-state index contributed by atoms with van der Waals surface area (Å²) in [6, 6.07) is 0.334. The number of carbonyl (C=O) groups is 2. The first kappa shape index (κ1) is 16.7. The number of aliphatic hydroxyl groups is 1. The summed E-state index contributed by atoms with van der Waals surface area (Å²) in [5.41, 5.74) is -0.435. The van der Waals surface area contributed by atoms with E-state index in [0.29, 0.717) is 19.0 Å². The van der Waals surface area contributed by atoms with Gasteiger partial charge in [0.25, 0.3) is 0 Å². The van der Waals surface area contributed by atoms with Gasteiger partial charge in [0.15, 0.2) is 0 Å². The summed E-state index contributed by atoms with van der Waals surface area (Å²) in [6.45, 7) is 0.572. The van der Waals surface area contributed by atoms with E-state index in [1.807, 2.05) is 4.90 Å². The fourth-order valence-electron chi connectivity index (χ4n) is 4.57. The van der Waals surface area contributed by atoms with Gasteiger partial charge in [-0.3, -0.25) is 9.59 Å². The van der Waals surface area contributed by atoms with Crippen molar-refractivity contribution >= 4 is 11.8 Å². The van der Waals surface area contributed by atoms with E-state index in [-0.39, 0.29) is 24.3 Å². The number of rotatable bonds is 4. The van der Waals surface area contributed by atoms with Gasteiger partial charge in [-0.15, -0.1) is 0 Å². The van der Waals surface area contributed by atoms with Crippen molar-refractivity contribution in [2.45, 2.75) is 82.2 Å². The van der Waals surface area contributed by atoms with Crippen molar-refractivity contribution in [2.24, 2.45) is 5.92 Å². The number of hydrogen-bond acceptors (Lipinski definition) is 3. The highest BCUT2D eigenvalue weighted by atomic mass is 16.3. The molecule has 0 spiro atoms. The lowest BCUT2D eigenvalue weighted by Gasteiger charge is -2.30. The van der Waals surface area contributed by atoms with Gasteiger partial charge in [0, 0.05) is 19.0 Å². The Hall–Kier alpha value is -1.10. The van der Waals surface area contributed by atoms with Crippen LogP contribution < -0.4 is 5.32 Å². The van der Waals surface area contributed by atoms with Crippen molar-refractivity contribution < 1.29 is 14.7 Å². The Bertz CT molecular complexity index is 438. The summed E-state index contributed by atoms with van der Waals surface area (Å²) in [7, 11) is 0. The minimum atomic E-state index is -0.435. The molecule has 1 atom stereocenters. The van der Waals surface area contributed by atoms with Crippen LogP contribution in [0.15, 0.2) is 0 Å². The monoisotopic (exact) mass is 322 g/mol. The zero-order valence-electron chi connectivity index (χ0n) is 14.1. The Labute approximate surface area is 138 Å². The van der Waals surface area contributed by atoms with Gasteiger partial charge in [-0.2, -0.15) is 0 Å². The maximum Gasteiger partial charge on any atom is 0.225 e. The van der Waals surface area contributed by atoms with E-state index in [1.54, 1.807) is 0 Å². The van der Waals surface area contributed by atoms with Crippen LogP contribution in [0.5, 0.6) is 0 Å². The summed E-state index contributed by atoms with van der Waals surface area (Å²) in [4.78, 5) is 27.0. The molecule has 5 nitrogen and oxygen atoms in total.